The average Bonchev–Trinajstić information content (AvgIpc) is 2.29. The molecule has 1 aromatic rings. The van der Waals surface area contributed by atoms with Crippen molar-refractivity contribution in [1.82, 2.24) is 4.90 Å². The maximum atomic E-state index is 5.86. The van der Waals surface area contributed by atoms with Crippen LogP contribution in [0.15, 0.2) is 24.3 Å². The van der Waals surface area contributed by atoms with E-state index in [4.69, 9.17) is 5.73 Å². The van der Waals surface area contributed by atoms with Crippen LogP contribution in [0.5, 0.6) is 0 Å². The monoisotopic (exact) mass is 218 g/mol. The summed E-state index contributed by atoms with van der Waals surface area (Å²) in [5, 5.41) is 0. The van der Waals surface area contributed by atoms with Crippen LogP contribution in [0.1, 0.15) is 42.9 Å². The second-order valence-electron chi connectivity index (χ2n) is 5.06. The van der Waals surface area contributed by atoms with E-state index >= 15 is 0 Å². The predicted molar refractivity (Wildman–Crippen MR) is 68.5 cm³/mol. The van der Waals surface area contributed by atoms with Gasteiger partial charge in [-0.05, 0) is 50.4 Å². The number of likely N-dealkylation sites (N-methyl/N-ethyl adjacent to an activating group) is 1. The highest BCUT2D eigenvalue weighted by atomic mass is 15.1. The third-order valence-electron chi connectivity index (χ3n) is 3.56. The third kappa shape index (κ3) is 2.63. The summed E-state index contributed by atoms with van der Waals surface area (Å²) < 4.78 is 0. The molecule has 0 aliphatic carbocycles. The SMILES string of the molecule is CC(N)c1ccc(C2CCCN(C)C2)cc1. The van der Waals surface area contributed by atoms with Gasteiger partial charge in [0.2, 0.25) is 0 Å². The number of nitrogens with two attached hydrogens (primary N) is 1. The second kappa shape index (κ2) is 4.98. The topological polar surface area (TPSA) is 29.3 Å². The molecule has 0 radical (unpaired) electrons. The number of piperidine rings is 1. The van der Waals surface area contributed by atoms with E-state index in [1.807, 2.05) is 6.92 Å². The van der Waals surface area contributed by atoms with Gasteiger partial charge >= 0.3 is 0 Å². The zero-order valence-corrected chi connectivity index (χ0v) is 10.3. The van der Waals surface area contributed by atoms with E-state index in [0.29, 0.717) is 5.92 Å². The highest BCUT2D eigenvalue weighted by molar-refractivity contribution is 5.27. The first-order valence-corrected chi connectivity index (χ1v) is 6.21. The van der Waals surface area contributed by atoms with Gasteiger partial charge < -0.3 is 10.6 Å². The van der Waals surface area contributed by atoms with Crippen LogP contribution in [-0.4, -0.2) is 25.0 Å². The number of hydrogen-bond acceptors (Lipinski definition) is 2. The standard InChI is InChI=1S/C14H22N2/c1-11(15)12-5-7-13(8-6-12)14-4-3-9-16(2)10-14/h5-8,11,14H,3-4,9-10,15H2,1-2H3. The van der Waals surface area contributed by atoms with Gasteiger partial charge in [0, 0.05) is 12.6 Å². The van der Waals surface area contributed by atoms with E-state index in [1.54, 1.807) is 0 Å². The highest BCUT2D eigenvalue weighted by Gasteiger charge is 2.18. The number of rotatable bonds is 2. The Kier molecular flexibility index (Phi) is 3.62. The molecule has 88 valence electrons. The Morgan fingerprint density at radius 1 is 1.31 bits per heavy atom. The van der Waals surface area contributed by atoms with E-state index < -0.39 is 0 Å². The lowest BCUT2D eigenvalue weighted by atomic mass is 9.90. The van der Waals surface area contributed by atoms with Crippen molar-refractivity contribution < 1.29 is 0 Å². The second-order valence-corrected chi connectivity index (χ2v) is 5.06. The summed E-state index contributed by atoms with van der Waals surface area (Å²) in [5.74, 6) is 0.709. The van der Waals surface area contributed by atoms with E-state index in [0.717, 1.165) is 0 Å². The molecule has 2 heteroatoms. The quantitative estimate of drug-likeness (QED) is 0.826. The summed E-state index contributed by atoms with van der Waals surface area (Å²) >= 11 is 0. The third-order valence-corrected chi connectivity index (χ3v) is 3.56. The van der Waals surface area contributed by atoms with E-state index in [1.165, 1.54) is 37.1 Å². The van der Waals surface area contributed by atoms with E-state index in [2.05, 4.69) is 36.2 Å². The Morgan fingerprint density at radius 2 is 2.00 bits per heavy atom. The first kappa shape index (κ1) is 11.6. The van der Waals surface area contributed by atoms with Crippen LogP contribution in [0, 0.1) is 0 Å². The molecule has 0 amide bonds. The Balaban J connectivity index is 2.09. The van der Waals surface area contributed by atoms with Crippen molar-refractivity contribution >= 4 is 0 Å². The summed E-state index contributed by atoms with van der Waals surface area (Å²) in [6.07, 6.45) is 2.64. The molecule has 16 heavy (non-hydrogen) atoms. The van der Waals surface area contributed by atoms with Gasteiger partial charge in [-0.15, -0.1) is 0 Å². The molecule has 0 spiro atoms. The summed E-state index contributed by atoms with van der Waals surface area (Å²) in [7, 11) is 2.21. The molecule has 2 nitrogen and oxygen atoms in total. The maximum Gasteiger partial charge on any atom is 0.0266 e. The van der Waals surface area contributed by atoms with Gasteiger partial charge in [-0.25, -0.2) is 0 Å². The fourth-order valence-corrected chi connectivity index (χ4v) is 2.51. The maximum absolute atomic E-state index is 5.86. The van der Waals surface area contributed by atoms with Crippen LogP contribution >= 0.6 is 0 Å². The van der Waals surface area contributed by atoms with Crippen molar-refractivity contribution in [2.24, 2.45) is 5.73 Å². The molecule has 1 aliphatic rings. The summed E-state index contributed by atoms with van der Waals surface area (Å²) in [4.78, 5) is 2.42. The van der Waals surface area contributed by atoms with Crippen molar-refractivity contribution in [2.75, 3.05) is 20.1 Å². The van der Waals surface area contributed by atoms with Crippen LogP contribution in [0.2, 0.25) is 0 Å². The highest BCUT2D eigenvalue weighted by Crippen LogP contribution is 2.26. The van der Waals surface area contributed by atoms with Gasteiger partial charge in [-0.3, -0.25) is 0 Å². The molecule has 1 fully saturated rings. The minimum absolute atomic E-state index is 0.142. The molecule has 1 saturated heterocycles. The lowest BCUT2D eigenvalue weighted by Crippen LogP contribution is -2.30. The number of benzene rings is 1. The van der Waals surface area contributed by atoms with Crippen molar-refractivity contribution in [3.05, 3.63) is 35.4 Å². The fraction of sp³-hybridized carbons (Fsp3) is 0.571. The van der Waals surface area contributed by atoms with Crippen molar-refractivity contribution in [3.8, 4) is 0 Å². The predicted octanol–water partition coefficient (Wildman–Crippen LogP) is 2.52. The van der Waals surface area contributed by atoms with Crippen LogP contribution in [0.25, 0.3) is 0 Å². The molecular weight excluding hydrogens is 196 g/mol. The molecule has 0 aromatic heterocycles. The van der Waals surface area contributed by atoms with Crippen LogP contribution in [-0.2, 0) is 0 Å². The summed E-state index contributed by atoms with van der Waals surface area (Å²) in [5.41, 5.74) is 8.55. The Morgan fingerprint density at radius 3 is 2.56 bits per heavy atom. The van der Waals surface area contributed by atoms with Gasteiger partial charge in [0.05, 0.1) is 0 Å². The minimum atomic E-state index is 0.142. The molecule has 1 aromatic carbocycles. The van der Waals surface area contributed by atoms with Crippen molar-refractivity contribution in [1.29, 1.82) is 0 Å². The van der Waals surface area contributed by atoms with Crippen molar-refractivity contribution in [3.63, 3.8) is 0 Å². The van der Waals surface area contributed by atoms with Gasteiger partial charge in [-0.1, -0.05) is 24.3 Å². The molecule has 1 aliphatic heterocycles. The molecule has 2 atom stereocenters. The van der Waals surface area contributed by atoms with Gasteiger partial charge in [0.15, 0.2) is 0 Å². The minimum Gasteiger partial charge on any atom is -0.324 e. The molecular formula is C14H22N2. The molecule has 2 unspecified atom stereocenters. The summed E-state index contributed by atoms with van der Waals surface area (Å²) in [6, 6.07) is 9.00. The molecule has 2 N–H and O–H groups in total. The van der Waals surface area contributed by atoms with Gasteiger partial charge in [0.25, 0.3) is 0 Å². The average molecular weight is 218 g/mol. The molecule has 2 rings (SSSR count). The Bertz CT molecular complexity index is 329. The fourth-order valence-electron chi connectivity index (χ4n) is 2.51. The largest absolute Gasteiger partial charge is 0.324 e. The van der Waals surface area contributed by atoms with Gasteiger partial charge in [-0.2, -0.15) is 0 Å². The normalized spacial score (nSPS) is 24.3. The summed E-state index contributed by atoms with van der Waals surface area (Å²) in [6.45, 7) is 4.47. The Hall–Kier alpha value is -0.860. The van der Waals surface area contributed by atoms with E-state index in [9.17, 15) is 0 Å². The molecule has 0 bridgehead atoms. The first-order chi connectivity index (χ1) is 7.66. The number of nitrogens with zero attached hydrogens (tertiary/aromatic N) is 1. The van der Waals surface area contributed by atoms with E-state index in [-0.39, 0.29) is 6.04 Å². The Labute approximate surface area is 98.4 Å². The molecule has 0 saturated carbocycles. The lowest BCUT2D eigenvalue weighted by molar-refractivity contribution is 0.251. The van der Waals surface area contributed by atoms with Crippen molar-refractivity contribution in [2.45, 2.75) is 31.7 Å². The van der Waals surface area contributed by atoms with Crippen LogP contribution < -0.4 is 5.73 Å². The van der Waals surface area contributed by atoms with Crippen LogP contribution in [0.4, 0.5) is 0 Å². The number of hydrogen-bond donors (Lipinski definition) is 1. The van der Waals surface area contributed by atoms with Gasteiger partial charge in [0.1, 0.15) is 0 Å². The zero-order valence-electron chi connectivity index (χ0n) is 10.3. The molecule has 1 heterocycles. The van der Waals surface area contributed by atoms with Crippen LogP contribution in [0.3, 0.4) is 0 Å². The smallest absolute Gasteiger partial charge is 0.0266 e. The lowest BCUT2D eigenvalue weighted by Gasteiger charge is -2.30. The zero-order chi connectivity index (χ0) is 11.5. The first-order valence-electron chi connectivity index (χ1n) is 6.21. The number of likely N-dealkylation sites (tertiary alicyclic amines) is 1.